The molecule has 0 saturated carbocycles. The van der Waals surface area contributed by atoms with Crippen LogP contribution in [-0.2, 0) is 6.54 Å². The zero-order chi connectivity index (χ0) is 23.8. The first-order valence-corrected chi connectivity index (χ1v) is 11.7. The molecule has 1 amide bonds. The van der Waals surface area contributed by atoms with E-state index in [0.717, 1.165) is 77.4 Å². The Morgan fingerprint density at radius 2 is 1.74 bits per heavy atom. The molecule has 0 aliphatic carbocycles. The topological polar surface area (TPSA) is 91.1 Å². The number of hydrogen-bond acceptors (Lipinski definition) is 5. The minimum absolute atomic E-state index is 0.413. The largest absolute Gasteiger partial charge is 0.366 e. The molecule has 2 aromatic carbocycles. The first-order valence-electron chi connectivity index (χ1n) is 11.7. The minimum Gasteiger partial charge on any atom is -0.366 e. The Kier molecular flexibility index (Phi) is 5.89. The molecule has 2 aromatic heterocycles. The Hall–Kier alpha value is -3.55. The third-order valence-corrected chi connectivity index (χ3v) is 6.98. The molecule has 174 valence electrons. The smallest absolute Gasteiger partial charge is 0.248 e. The van der Waals surface area contributed by atoms with Gasteiger partial charge in [0, 0.05) is 55.6 Å². The standard InChI is InChI=1S/C27H30N6O/c1-17-18(2)22(26(28)34)9-8-21(17)23-14-29-27-25(23)31-24(15-30-27)20-6-4-19(5-7-20)16-33-12-10-32(3)11-13-33/h4-9,14-15H,10-13,16H2,1-3H3,(H2,28,34)(H,29,30). The van der Waals surface area contributed by atoms with Gasteiger partial charge < -0.3 is 15.6 Å². The second kappa shape index (κ2) is 9.00. The highest BCUT2D eigenvalue weighted by Crippen LogP contribution is 2.33. The number of nitrogens with two attached hydrogens (primary N) is 1. The van der Waals surface area contributed by atoms with Gasteiger partial charge in [-0.15, -0.1) is 0 Å². The van der Waals surface area contributed by atoms with E-state index in [1.807, 2.05) is 32.3 Å². The van der Waals surface area contributed by atoms with E-state index in [1.54, 1.807) is 6.07 Å². The molecule has 0 bridgehead atoms. The maximum absolute atomic E-state index is 11.7. The maximum Gasteiger partial charge on any atom is 0.248 e. The Morgan fingerprint density at radius 3 is 2.44 bits per heavy atom. The average Bonchev–Trinajstić information content (AvgIpc) is 3.25. The summed E-state index contributed by atoms with van der Waals surface area (Å²) in [4.78, 5) is 29.4. The highest BCUT2D eigenvalue weighted by atomic mass is 16.1. The Labute approximate surface area is 199 Å². The molecule has 0 atom stereocenters. The van der Waals surface area contributed by atoms with Crippen LogP contribution in [0.1, 0.15) is 27.0 Å². The highest BCUT2D eigenvalue weighted by Gasteiger charge is 2.17. The number of aromatic amines is 1. The lowest BCUT2D eigenvalue weighted by Gasteiger charge is -2.32. The van der Waals surface area contributed by atoms with Gasteiger partial charge in [-0.2, -0.15) is 0 Å². The van der Waals surface area contributed by atoms with E-state index in [-0.39, 0.29) is 0 Å². The summed E-state index contributed by atoms with van der Waals surface area (Å²) in [5.41, 5.74) is 14.7. The van der Waals surface area contributed by atoms with Gasteiger partial charge in [0.2, 0.25) is 5.91 Å². The molecule has 0 spiro atoms. The van der Waals surface area contributed by atoms with Crippen molar-refractivity contribution in [1.82, 2.24) is 24.8 Å². The van der Waals surface area contributed by atoms with Gasteiger partial charge in [-0.1, -0.05) is 30.3 Å². The lowest BCUT2D eigenvalue weighted by Crippen LogP contribution is -2.43. The highest BCUT2D eigenvalue weighted by molar-refractivity contribution is 5.97. The molecule has 1 fully saturated rings. The molecule has 7 nitrogen and oxygen atoms in total. The summed E-state index contributed by atoms with van der Waals surface area (Å²) in [7, 11) is 2.18. The molecule has 3 N–H and O–H groups in total. The third-order valence-electron chi connectivity index (χ3n) is 6.98. The molecule has 34 heavy (non-hydrogen) atoms. The zero-order valence-corrected chi connectivity index (χ0v) is 19.9. The van der Waals surface area contributed by atoms with Crippen LogP contribution in [-0.4, -0.2) is 63.9 Å². The van der Waals surface area contributed by atoms with Gasteiger partial charge in [0.1, 0.15) is 5.52 Å². The quantitative estimate of drug-likeness (QED) is 0.479. The van der Waals surface area contributed by atoms with Gasteiger partial charge in [0.25, 0.3) is 0 Å². The van der Waals surface area contributed by atoms with Gasteiger partial charge in [0.05, 0.1) is 11.9 Å². The lowest BCUT2D eigenvalue weighted by atomic mass is 9.94. The number of rotatable bonds is 5. The number of H-pyrrole nitrogens is 1. The van der Waals surface area contributed by atoms with E-state index in [4.69, 9.17) is 10.7 Å². The van der Waals surface area contributed by atoms with Crippen LogP contribution in [0.4, 0.5) is 0 Å². The van der Waals surface area contributed by atoms with Crippen LogP contribution in [0.15, 0.2) is 48.8 Å². The van der Waals surface area contributed by atoms with Gasteiger partial charge in [-0.3, -0.25) is 9.69 Å². The normalized spacial score (nSPS) is 15.1. The summed E-state index contributed by atoms with van der Waals surface area (Å²) in [6.07, 6.45) is 3.74. The summed E-state index contributed by atoms with van der Waals surface area (Å²) in [6, 6.07) is 12.4. The molecule has 5 rings (SSSR count). The summed E-state index contributed by atoms with van der Waals surface area (Å²) in [5, 5.41) is 0. The van der Waals surface area contributed by atoms with Crippen LogP contribution < -0.4 is 5.73 Å². The predicted molar refractivity (Wildman–Crippen MR) is 136 cm³/mol. The summed E-state index contributed by atoms with van der Waals surface area (Å²) in [6.45, 7) is 9.36. The monoisotopic (exact) mass is 454 g/mol. The minimum atomic E-state index is -0.413. The van der Waals surface area contributed by atoms with E-state index < -0.39 is 5.91 Å². The molecule has 7 heteroatoms. The molecular weight excluding hydrogens is 424 g/mol. The molecule has 0 unspecified atom stereocenters. The van der Waals surface area contributed by atoms with Crippen LogP contribution in [0, 0.1) is 13.8 Å². The van der Waals surface area contributed by atoms with E-state index in [9.17, 15) is 4.79 Å². The number of fused-ring (bicyclic) bond motifs is 1. The van der Waals surface area contributed by atoms with E-state index >= 15 is 0 Å². The number of benzene rings is 2. The summed E-state index contributed by atoms with van der Waals surface area (Å²) in [5.74, 6) is -0.413. The van der Waals surface area contributed by atoms with Gasteiger partial charge >= 0.3 is 0 Å². The van der Waals surface area contributed by atoms with Gasteiger partial charge in [-0.25, -0.2) is 9.97 Å². The number of nitrogens with one attached hydrogen (secondary N) is 1. The van der Waals surface area contributed by atoms with Crippen molar-refractivity contribution in [2.24, 2.45) is 5.73 Å². The molecule has 1 aliphatic rings. The van der Waals surface area contributed by atoms with Crippen molar-refractivity contribution >= 4 is 17.1 Å². The molecular formula is C27H30N6O. The van der Waals surface area contributed by atoms with Crippen LogP contribution in [0.5, 0.6) is 0 Å². The number of primary amides is 1. The maximum atomic E-state index is 11.7. The fourth-order valence-corrected chi connectivity index (χ4v) is 4.66. The Bertz CT molecular complexity index is 1350. The number of carbonyl (C=O) groups excluding carboxylic acids is 1. The Balaban J connectivity index is 1.43. The fourth-order valence-electron chi connectivity index (χ4n) is 4.66. The van der Waals surface area contributed by atoms with Crippen LogP contribution in [0.2, 0.25) is 0 Å². The number of hydrogen-bond donors (Lipinski definition) is 2. The molecule has 1 aliphatic heterocycles. The summed E-state index contributed by atoms with van der Waals surface area (Å²) < 4.78 is 0. The van der Waals surface area contributed by atoms with Crippen molar-refractivity contribution in [3.8, 4) is 22.4 Å². The second-order valence-corrected chi connectivity index (χ2v) is 9.21. The number of amides is 1. The second-order valence-electron chi connectivity index (χ2n) is 9.21. The number of carbonyl (C=O) groups is 1. The van der Waals surface area contributed by atoms with Crippen LogP contribution in [0.3, 0.4) is 0 Å². The van der Waals surface area contributed by atoms with Crippen LogP contribution in [0.25, 0.3) is 33.5 Å². The van der Waals surface area contributed by atoms with Crippen molar-refractivity contribution in [2.45, 2.75) is 20.4 Å². The van der Waals surface area contributed by atoms with E-state index in [2.05, 4.69) is 51.1 Å². The SMILES string of the molecule is Cc1c(C(N)=O)ccc(-c2c[nH]c3ncc(-c4ccc(CN5CCN(C)CC5)cc4)nc23)c1C. The predicted octanol–water partition coefficient (Wildman–Crippen LogP) is 3.76. The van der Waals surface area contributed by atoms with Gasteiger partial charge in [0.15, 0.2) is 5.65 Å². The number of likely N-dealkylation sites (N-methyl/N-ethyl adjacent to an activating group) is 1. The lowest BCUT2D eigenvalue weighted by molar-refractivity contribution is 0.0999. The first kappa shape index (κ1) is 22.3. The number of nitrogens with zero attached hydrogens (tertiary/aromatic N) is 4. The first-order chi connectivity index (χ1) is 16.4. The van der Waals surface area contributed by atoms with E-state index in [0.29, 0.717) is 5.56 Å². The molecule has 3 heterocycles. The average molecular weight is 455 g/mol. The molecule has 0 radical (unpaired) electrons. The van der Waals surface area contributed by atoms with E-state index in [1.165, 1.54) is 5.56 Å². The van der Waals surface area contributed by atoms with Crippen molar-refractivity contribution in [2.75, 3.05) is 33.2 Å². The third kappa shape index (κ3) is 4.20. The summed E-state index contributed by atoms with van der Waals surface area (Å²) >= 11 is 0. The molecule has 4 aromatic rings. The molecule has 1 saturated heterocycles. The van der Waals surface area contributed by atoms with Crippen molar-refractivity contribution in [1.29, 1.82) is 0 Å². The number of piperazine rings is 1. The Morgan fingerprint density at radius 1 is 1.00 bits per heavy atom. The zero-order valence-electron chi connectivity index (χ0n) is 19.9. The number of aromatic nitrogens is 3. The van der Waals surface area contributed by atoms with Crippen molar-refractivity contribution in [3.05, 3.63) is 71.0 Å². The fraction of sp³-hybridized carbons (Fsp3) is 0.296. The van der Waals surface area contributed by atoms with Gasteiger partial charge in [-0.05, 0) is 49.2 Å². The van der Waals surface area contributed by atoms with Crippen LogP contribution >= 0.6 is 0 Å². The van der Waals surface area contributed by atoms with Crippen molar-refractivity contribution < 1.29 is 4.79 Å². The van der Waals surface area contributed by atoms with Crippen molar-refractivity contribution in [3.63, 3.8) is 0 Å².